The second-order valence-corrected chi connectivity index (χ2v) is 5.07. The van der Waals surface area contributed by atoms with Crippen molar-refractivity contribution in [2.75, 3.05) is 32.8 Å². The van der Waals surface area contributed by atoms with E-state index in [4.69, 9.17) is 10.5 Å². The standard InChI is InChI=1S/C12H23N3O2/c13-10-1-3-11(4-2-10)14-12(16)9-15-5-7-17-8-6-15/h10-11H,1-9,13H2,(H,14,16). The third kappa shape index (κ3) is 4.26. The van der Waals surface area contributed by atoms with Crippen LogP contribution >= 0.6 is 0 Å². The molecule has 1 heterocycles. The van der Waals surface area contributed by atoms with Gasteiger partial charge in [0.25, 0.3) is 0 Å². The molecule has 5 nitrogen and oxygen atoms in total. The number of nitrogens with zero attached hydrogens (tertiary/aromatic N) is 1. The minimum absolute atomic E-state index is 0.146. The summed E-state index contributed by atoms with van der Waals surface area (Å²) in [6, 6.07) is 0.672. The first-order chi connectivity index (χ1) is 8.24. The van der Waals surface area contributed by atoms with Crippen LogP contribution in [0.3, 0.4) is 0 Å². The molecule has 0 unspecified atom stereocenters. The number of ether oxygens (including phenoxy) is 1. The Bertz CT molecular complexity index is 246. The molecule has 0 spiro atoms. The van der Waals surface area contributed by atoms with Gasteiger partial charge in [0.2, 0.25) is 5.91 Å². The SMILES string of the molecule is NC1CCC(NC(=O)CN2CCOCC2)CC1. The van der Waals surface area contributed by atoms with Gasteiger partial charge in [-0.15, -0.1) is 0 Å². The molecule has 1 aliphatic heterocycles. The summed E-state index contributed by atoms with van der Waals surface area (Å²) in [5.41, 5.74) is 5.84. The van der Waals surface area contributed by atoms with E-state index >= 15 is 0 Å². The van der Waals surface area contributed by atoms with Crippen molar-refractivity contribution in [3.05, 3.63) is 0 Å². The zero-order valence-electron chi connectivity index (χ0n) is 10.4. The fourth-order valence-corrected chi connectivity index (χ4v) is 2.50. The summed E-state index contributed by atoms with van der Waals surface area (Å²) in [7, 11) is 0. The van der Waals surface area contributed by atoms with Crippen molar-refractivity contribution in [3.63, 3.8) is 0 Å². The Morgan fingerprint density at radius 1 is 1.24 bits per heavy atom. The number of carbonyl (C=O) groups excluding carboxylic acids is 1. The van der Waals surface area contributed by atoms with Crippen LogP contribution in [0.4, 0.5) is 0 Å². The van der Waals surface area contributed by atoms with Crippen LogP contribution in [0.25, 0.3) is 0 Å². The van der Waals surface area contributed by atoms with Gasteiger partial charge in [-0.3, -0.25) is 9.69 Å². The Hall–Kier alpha value is -0.650. The zero-order valence-corrected chi connectivity index (χ0v) is 10.4. The van der Waals surface area contributed by atoms with E-state index in [1.807, 2.05) is 0 Å². The lowest BCUT2D eigenvalue weighted by Gasteiger charge is -2.29. The van der Waals surface area contributed by atoms with Crippen molar-refractivity contribution in [1.29, 1.82) is 0 Å². The Morgan fingerprint density at radius 3 is 2.53 bits per heavy atom. The minimum Gasteiger partial charge on any atom is -0.379 e. The molecule has 98 valence electrons. The number of morpholine rings is 1. The normalized spacial score (nSPS) is 31.1. The topological polar surface area (TPSA) is 67.6 Å². The second kappa shape index (κ2) is 6.33. The number of nitrogens with two attached hydrogens (primary N) is 1. The van der Waals surface area contributed by atoms with Gasteiger partial charge in [0.15, 0.2) is 0 Å². The summed E-state index contributed by atoms with van der Waals surface area (Å²) in [6.07, 6.45) is 4.11. The quantitative estimate of drug-likeness (QED) is 0.712. The highest BCUT2D eigenvalue weighted by molar-refractivity contribution is 5.78. The van der Waals surface area contributed by atoms with Crippen LogP contribution in [0.15, 0.2) is 0 Å². The molecule has 1 aliphatic carbocycles. The van der Waals surface area contributed by atoms with Gasteiger partial charge >= 0.3 is 0 Å². The highest BCUT2D eigenvalue weighted by atomic mass is 16.5. The van der Waals surface area contributed by atoms with Crippen LogP contribution < -0.4 is 11.1 Å². The van der Waals surface area contributed by atoms with Crippen LogP contribution in [-0.4, -0.2) is 55.7 Å². The summed E-state index contributed by atoms with van der Waals surface area (Å²) >= 11 is 0. The van der Waals surface area contributed by atoms with Crippen molar-refractivity contribution in [2.24, 2.45) is 5.73 Å². The van der Waals surface area contributed by atoms with E-state index in [0.29, 0.717) is 18.6 Å². The van der Waals surface area contributed by atoms with Crippen molar-refractivity contribution in [1.82, 2.24) is 10.2 Å². The fourth-order valence-electron chi connectivity index (χ4n) is 2.50. The minimum atomic E-state index is 0.146. The van der Waals surface area contributed by atoms with E-state index in [1.165, 1.54) is 0 Å². The number of hydrogen-bond acceptors (Lipinski definition) is 4. The van der Waals surface area contributed by atoms with Crippen molar-refractivity contribution >= 4 is 5.91 Å². The third-order valence-corrected chi connectivity index (χ3v) is 3.61. The molecule has 3 N–H and O–H groups in total. The molecule has 2 rings (SSSR count). The molecule has 0 aromatic heterocycles. The van der Waals surface area contributed by atoms with Gasteiger partial charge in [0.05, 0.1) is 19.8 Å². The maximum absolute atomic E-state index is 11.8. The van der Waals surface area contributed by atoms with Crippen molar-refractivity contribution in [3.8, 4) is 0 Å². The van der Waals surface area contributed by atoms with Gasteiger partial charge in [0.1, 0.15) is 0 Å². The maximum Gasteiger partial charge on any atom is 0.234 e. The maximum atomic E-state index is 11.8. The van der Waals surface area contributed by atoms with Gasteiger partial charge in [-0.05, 0) is 25.7 Å². The molecule has 2 aliphatic rings. The smallest absolute Gasteiger partial charge is 0.234 e. The zero-order chi connectivity index (χ0) is 12.1. The fraction of sp³-hybridized carbons (Fsp3) is 0.917. The number of carbonyl (C=O) groups is 1. The molecule has 1 saturated carbocycles. The van der Waals surface area contributed by atoms with Gasteiger partial charge < -0.3 is 15.8 Å². The molecule has 17 heavy (non-hydrogen) atoms. The molecule has 0 bridgehead atoms. The van der Waals surface area contributed by atoms with Crippen molar-refractivity contribution in [2.45, 2.75) is 37.8 Å². The Labute approximate surface area is 103 Å². The first-order valence-electron chi connectivity index (χ1n) is 6.59. The molecular formula is C12H23N3O2. The summed E-state index contributed by atoms with van der Waals surface area (Å²) < 4.78 is 5.26. The van der Waals surface area contributed by atoms with E-state index in [2.05, 4.69) is 10.2 Å². The molecule has 0 atom stereocenters. The van der Waals surface area contributed by atoms with E-state index in [-0.39, 0.29) is 5.91 Å². The summed E-state index contributed by atoms with van der Waals surface area (Å²) in [5, 5.41) is 3.11. The largest absolute Gasteiger partial charge is 0.379 e. The Kier molecular flexibility index (Phi) is 4.76. The summed E-state index contributed by atoms with van der Waals surface area (Å²) in [6.45, 7) is 3.72. The number of rotatable bonds is 3. The first kappa shape index (κ1) is 12.8. The highest BCUT2D eigenvalue weighted by Gasteiger charge is 2.21. The Balaban J connectivity index is 1.66. The van der Waals surface area contributed by atoms with Gasteiger partial charge in [-0.1, -0.05) is 0 Å². The van der Waals surface area contributed by atoms with Crippen LogP contribution in [0.2, 0.25) is 0 Å². The molecule has 1 saturated heterocycles. The third-order valence-electron chi connectivity index (χ3n) is 3.61. The molecule has 0 aromatic carbocycles. The molecular weight excluding hydrogens is 218 g/mol. The van der Waals surface area contributed by atoms with E-state index in [9.17, 15) is 4.79 Å². The predicted octanol–water partition coefficient (Wildman–Crippen LogP) is -0.295. The average molecular weight is 241 g/mol. The molecule has 1 amide bonds. The lowest BCUT2D eigenvalue weighted by atomic mass is 9.92. The van der Waals surface area contributed by atoms with Gasteiger partial charge in [-0.2, -0.15) is 0 Å². The number of hydrogen-bond donors (Lipinski definition) is 2. The van der Waals surface area contributed by atoms with Crippen LogP contribution in [0, 0.1) is 0 Å². The van der Waals surface area contributed by atoms with Crippen LogP contribution in [0.1, 0.15) is 25.7 Å². The van der Waals surface area contributed by atoms with Gasteiger partial charge in [0, 0.05) is 25.2 Å². The lowest BCUT2D eigenvalue weighted by molar-refractivity contribution is -0.124. The monoisotopic (exact) mass is 241 g/mol. The van der Waals surface area contributed by atoms with E-state index < -0.39 is 0 Å². The predicted molar refractivity (Wildman–Crippen MR) is 65.6 cm³/mol. The summed E-state index contributed by atoms with van der Waals surface area (Å²) in [4.78, 5) is 14.0. The van der Waals surface area contributed by atoms with E-state index in [1.54, 1.807) is 0 Å². The first-order valence-corrected chi connectivity index (χ1v) is 6.59. The summed E-state index contributed by atoms with van der Waals surface area (Å²) in [5.74, 6) is 0.146. The van der Waals surface area contributed by atoms with E-state index in [0.717, 1.165) is 52.0 Å². The molecule has 0 aromatic rings. The van der Waals surface area contributed by atoms with Crippen molar-refractivity contribution < 1.29 is 9.53 Å². The average Bonchev–Trinajstić information content (AvgIpc) is 2.33. The van der Waals surface area contributed by atoms with Crippen LogP contribution in [0.5, 0.6) is 0 Å². The molecule has 0 radical (unpaired) electrons. The highest BCUT2D eigenvalue weighted by Crippen LogP contribution is 2.16. The number of nitrogens with one attached hydrogen (secondary N) is 1. The Morgan fingerprint density at radius 2 is 1.88 bits per heavy atom. The molecule has 2 fully saturated rings. The number of amides is 1. The van der Waals surface area contributed by atoms with Crippen LogP contribution in [-0.2, 0) is 9.53 Å². The lowest BCUT2D eigenvalue weighted by Crippen LogP contribution is -2.47. The molecule has 5 heteroatoms. The second-order valence-electron chi connectivity index (χ2n) is 5.07. The van der Waals surface area contributed by atoms with Gasteiger partial charge in [-0.25, -0.2) is 0 Å².